The molecule has 1 N–H and O–H groups in total. The molecule has 1 aliphatic carbocycles. The summed E-state index contributed by atoms with van der Waals surface area (Å²) >= 11 is 1.36. The van der Waals surface area contributed by atoms with Crippen molar-refractivity contribution < 1.29 is 27.1 Å². The van der Waals surface area contributed by atoms with E-state index in [2.05, 4.69) is 11.4 Å². The maximum atomic E-state index is 14.1. The number of hydrogen-bond acceptors (Lipinski definition) is 7. The van der Waals surface area contributed by atoms with Gasteiger partial charge in [0.2, 0.25) is 10.0 Å². The Bertz CT molecular complexity index is 1240. The number of carbonyl (C=O) groups excluding carboxylic acids is 2. The van der Waals surface area contributed by atoms with E-state index in [4.69, 9.17) is 4.74 Å². The highest BCUT2D eigenvalue weighted by Crippen LogP contribution is 2.37. The van der Waals surface area contributed by atoms with Crippen LogP contribution in [0.5, 0.6) is 0 Å². The second kappa shape index (κ2) is 9.59. The van der Waals surface area contributed by atoms with Crippen LogP contribution in [0.3, 0.4) is 0 Å². The fourth-order valence-corrected chi connectivity index (χ4v) is 7.18. The summed E-state index contributed by atoms with van der Waals surface area (Å²) in [6.45, 7) is -0.564. The summed E-state index contributed by atoms with van der Waals surface area (Å²) in [5, 5.41) is 12.6. The van der Waals surface area contributed by atoms with E-state index in [0.29, 0.717) is 17.0 Å². The van der Waals surface area contributed by atoms with Crippen molar-refractivity contribution in [3.63, 3.8) is 0 Å². The molecule has 0 radical (unpaired) electrons. The largest absolute Gasteiger partial charge is 0.454 e. The van der Waals surface area contributed by atoms with Crippen LogP contribution in [0, 0.1) is 17.1 Å². The van der Waals surface area contributed by atoms with Crippen LogP contribution in [0.2, 0.25) is 0 Å². The summed E-state index contributed by atoms with van der Waals surface area (Å²) in [5.41, 5.74) is 1.42. The van der Waals surface area contributed by atoms with Crippen LogP contribution in [-0.2, 0) is 37.2 Å². The SMILES string of the molecule is N#Cc1c(NC(=O)COC(=O)C2CCCN2S(=O)(=O)c2ccccc2F)sc2c1CCCC2. The summed E-state index contributed by atoms with van der Waals surface area (Å²) in [5.74, 6) is -2.38. The van der Waals surface area contributed by atoms with Gasteiger partial charge >= 0.3 is 5.97 Å². The second-order valence-corrected chi connectivity index (χ2v) is 10.9. The molecule has 1 amide bonds. The number of benzene rings is 1. The van der Waals surface area contributed by atoms with Crippen LogP contribution >= 0.6 is 11.3 Å². The maximum absolute atomic E-state index is 14.1. The minimum Gasteiger partial charge on any atom is -0.454 e. The van der Waals surface area contributed by atoms with E-state index >= 15 is 0 Å². The number of esters is 1. The van der Waals surface area contributed by atoms with Crippen molar-refractivity contribution in [2.45, 2.75) is 49.5 Å². The molecule has 33 heavy (non-hydrogen) atoms. The maximum Gasteiger partial charge on any atom is 0.324 e. The quantitative estimate of drug-likeness (QED) is 0.621. The third kappa shape index (κ3) is 4.64. The third-order valence-electron chi connectivity index (χ3n) is 5.78. The average molecular weight is 492 g/mol. The molecule has 0 saturated carbocycles. The summed E-state index contributed by atoms with van der Waals surface area (Å²) in [6.07, 6.45) is 4.32. The van der Waals surface area contributed by atoms with Gasteiger partial charge in [0.05, 0.1) is 5.56 Å². The fraction of sp³-hybridized carbons (Fsp3) is 0.409. The van der Waals surface area contributed by atoms with E-state index in [1.54, 1.807) is 0 Å². The van der Waals surface area contributed by atoms with E-state index in [1.165, 1.54) is 23.5 Å². The van der Waals surface area contributed by atoms with Crippen LogP contribution < -0.4 is 5.32 Å². The summed E-state index contributed by atoms with van der Waals surface area (Å²) < 4.78 is 45.9. The monoisotopic (exact) mass is 491 g/mol. The lowest BCUT2D eigenvalue weighted by molar-refractivity contribution is -0.150. The first-order chi connectivity index (χ1) is 15.8. The van der Waals surface area contributed by atoms with Crippen molar-refractivity contribution in [2.75, 3.05) is 18.5 Å². The Balaban J connectivity index is 1.41. The highest BCUT2D eigenvalue weighted by molar-refractivity contribution is 7.89. The molecule has 0 bridgehead atoms. The molecule has 1 aromatic carbocycles. The van der Waals surface area contributed by atoms with Gasteiger partial charge in [-0.25, -0.2) is 12.8 Å². The van der Waals surface area contributed by atoms with Crippen molar-refractivity contribution in [1.82, 2.24) is 4.31 Å². The number of nitrogens with zero attached hydrogens (tertiary/aromatic N) is 2. The van der Waals surface area contributed by atoms with Crippen LogP contribution in [-0.4, -0.2) is 43.8 Å². The normalized spacial score (nSPS) is 18.4. The third-order valence-corrected chi connectivity index (χ3v) is 8.93. The number of aryl methyl sites for hydroxylation is 1. The molecule has 174 valence electrons. The van der Waals surface area contributed by atoms with Gasteiger partial charge in [-0.1, -0.05) is 12.1 Å². The lowest BCUT2D eigenvalue weighted by atomic mass is 9.96. The first kappa shape index (κ1) is 23.4. The zero-order valence-electron chi connectivity index (χ0n) is 17.7. The summed E-state index contributed by atoms with van der Waals surface area (Å²) in [6, 6.07) is 5.98. The van der Waals surface area contributed by atoms with Crippen molar-refractivity contribution in [2.24, 2.45) is 0 Å². The van der Waals surface area contributed by atoms with Crippen LogP contribution in [0.15, 0.2) is 29.2 Å². The number of carbonyl (C=O) groups is 2. The van der Waals surface area contributed by atoms with Crippen molar-refractivity contribution in [3.05, 3.63) is 46.1 Å². The molecule has 0 spiro atoms. The van der Waals surface area contributed by atoms with Crippen molar-refractivity contribution >= 4 is 38.2 Å². The Morgan fingerprint density at radius 2 is 2.00 bits per heavy atom. The highest BCUT2D eigenvalue weighted by Gasteiger charge is 2.41. The molecule has 2 aromatic rings. The molecule has 1 fully saturated rings. The Kier molecular flexibility index (Phi) is 6.78. The Hall–Kier alpha value is -2.81. The highest BCUT2D eigenvalue weighted by atomic mass is 32.2. The summed E-state index contributed by atoms with van der Waals surface area (Å²) in [7, 11) is -4.24. The summed E-state index contributed by atoms with van der Waals surface area (Å²) in [4.78, 5) is 25.6. The second-order valence-electron chi connectivity index (χ2n) is 7.89. The van der Waals surface area contributed by atoms with Gasteiger partial charge < -0.3 is 10.1 Å². The van der Waals surface area contributed by atoms with Gasteiger partial charge in [-0.15, -0.1) is 11.3 Å². The van der Waals surface area contributed by atoms with Gasteiger partial charge in [-0.05, 0) is 56.2 Å². The number of fused-ring (bicyclic) bond motifs is 1. The number of nitriles is 1. The van der Waals surface area contributed by atoms with E-state index < -0.39 is 45.3 Å². The zero-order chi connectivity index (χ0) is 23.6. The first-order valence-corrected chi connectivity index (χ1v) is 12.9. The average Bonchev–Trinajstić information content (AvgIpc) is 3.42. The number of rotatable bonds is 6. The van der Waals surface area contributed by atoms with E-state index in [9.17, 15) is 27.7 Å². The molecule has 8 nitrogen and oxygen atoms in total. The van der Waals surface area contributed by atoms with E-state index in [-0.39, 0.29) is 13.0 Å². The Morgan fingerprint density at radius 3 is 2.76 bits per heavy atom. The van der Waals surface area contributed by atoms with Crippen LogP contribution in [0.1, 0.15) is 41.7 Å². The molecule has 1 saturated heterocycles. The minimum absolute atomic E-state index is 0.0505. The molecule has 2 heterocycles. The van der Waals surface area contributed by atoms with Gasteiger partial charge in [0.1, 0.15) is 27.8 Å². The number of sulfonamides is 1. The van der Waals surface area contributed by atoms with Gasteiger partial charge in [0.15, 0.2) is 6.61 Å². The van der Waals surface area contributed by atoms with Gasteiger partial charge in [-0.2, -0.15) is 9.57 Å². The van der Waals surface area contributed by atoms with Crippen LogP contribution in [0.25, 0.3) is 0 Å². The number of nitrogens with one attached hydrogen (secondary N) is 1. The number of amides is 1. The molecular formula is C22H22FN3O5S2. The van der Waals surface area contributed by atoms with E-state index in [0.717, 1.165) is 52.6 Å². The Labute approximate surface area is 195 Å². The molecule has 1 unspecified atom stereocenters. The Morgan fingerprint density at radius 1 is 1.24 bits per heavy atom. The number of hydrogen-bond donors (Lipinski definition) is 1. The van der Waals surface area contributed by atoms with Gasteiger partial charge in [0, 0.05) is 11.4 Å². The topological polar surface area (TPSA) is 117 Å². The van der Waals surface area contributed by atoms with Gasteiger partial charge in [-0.3, -0.25) is 9.59 Å². The number of thiophene rings is 1. The molecule has 1 aromatic heterocycles. The minimum atomic E-state index is -4.24. The molecule has 1 aliphatic heterocycles. The zero-order valence-corrected chi connectivity index (χ0v) is 19.3. The number of halogens is 1. The number of ether oxygens (including phenoxy) is 1. The van der Waals surface area contributed by atoms with Crippen molar-refractivity contribution in [1.29, 1.82) is 5.26 Å². The molecule has 11 heteroatoms. The van der Waals surface area contributed by atoms with Gasteiger partial charge in [0.25, 0.3) is 5.91 Å². The lowest BCUT2D eigenvalue weighted by Crippen LogP contribution is -2.42. The smallest absolute Gasteiger partial charge is 0.324 e. The number of anilines is 1. The standard InChI is InChI=1S/C22H22FN3O5S2/c23-16-7-2-4-10-19(16)33(29,30)26-11-5-8-17(26)22(28)31-13-20(27)25-21-15(12-24)14-6-1-3-9-18(14)32-21/h2,4,7,10,17H,1,3,5-6,8-9,11,13H2,(H,25,27). The van der Waals surface area contributed by atoms with Crippen LogP contribution in [0.4, 0.5) is 9.39 Å². The predicted molar refractivity (Wildman–Crippen MR) is 119 cm³/mol. The fourth-order valence-electron chi connectivity index (χ4n) is 4.21. The van der Waals surface area contributed by atoms with E-state index in [1.807, 2.05) is 0 Å². The first-order valence-electron chi connectivity index (χ1n) is 10.6. The molecule has 1 atom stereocenters. The molecule has 2 aliphatic rings. The lowest BCUT2D eigenvalue weighted by Gasteiger charge is -2.22. The predicted octanol–water partition coefficient (Wildman–Crippen LogP) is 2.97. The molecule has 4 rings (SSSR count). The van der Waals surface area contributed by atoms with Crippen molar-refractivity contribution in [3.8, 4) is 6.07 Å². The molecular weight excluding hydrogens is 469 g/mol.